The van der Waals surface area contributed by atoms with Crippen molar-refractivity contribution in [2.24, 2.45) is 0 Å². The second-order valence-corrected chi connectivity index (χ2v) is 9.46. The van der Waals surface area contributed by atoms with Gasteiger partial charge in [-0.25, -0.2) is 13.9 Å². The lowest BCUT2D eigenvalue weighted by Gasteiger charge is -2.19. The number of pyridine rings is 1. The van der Waals surface area contributed by atoms with E-state index in [4.69, 9.17) is 14.5 Å². The number of hydrogen-bond acceptors (Lipinski definition) is 10. The molecule has 0 aromatic carbocycles. The molecule has 2 unspecified atom stereocenters. The van der Waals surface area contributed by atoms with Crippen LogP contribution < -0.4 is 11.2 Å². The monoisotopic (exact) mass is 495 g/mol. The zero-order chi connectivity index (χ0) is 23.7. The fourth-order valence-corrected chi connectivity index (χ4v) is 4.55. The molecule has 2 aromatic rings. The van der Waals surface area contributed by atoms with E-state index in [1.54, 1.807) is 18.2 Å². The van der Waals surface area contributed by atoms with Gasteiger partial charge in [0.05, 0.1) is 18.8 Å². The first-order valence-corrected chi connectivity index (χ1v) is 11.9. The summed E-state index contributed by atoms with van der Waals surface area (Å²) in [6.45, 7) is -1.10. The highest BCUT2D eigenvalue weighted by molar-refractivity contribution is 7.60. The average molecular weight is 495 g/mol. The van der Waals surface area contributed by atoms with Gasteiger partial charge in [0.1, 0.15) is 18.3 Å². The molecular weight excluding hydrogens is 476 g/mol. The predicted octanol–water partition coefficient (Wildman–Crippen LogP) is -1.70. The fraction of sp³-hybridized carbons (Fsp3) is 0.400. The number of phosphoric ester groups is 1. The molecular formula is C15H19N3O12P2. The second kappa shape index (κ2) is 9.45. The van der Waals surface area contributed by atoms with Crippen LogP contribution in [0.2, 0.25) is 0 Å². The minimum absolute atomic E-state index is 0.176. The lowest BCUT2D eigenvalue weighted by molar-refractivity contribution is -0.0547. The van der Waals surface area contributed by atoms with Crippen LogP contribution in [0.1, 0.15) is 11.9 Å². The third-order valence-corrected chi connectivity index (χ3v) is 6.52. The molecule has 3 heterocycles. The number of phosphoric acid groups is 2. The van der Waals surface area contributed by atoms with E-state index in [-0.39, 0.29) is 6.54 Å². The van der Waals surface area contributed by atoms with Gasteiger partial charge in [0, 0.05) is 18.5 Å². The lowest BCUT2D eigenvalue weighted by Crippen LogP contribution is -2.43. The van der Waals surface area contributed by atoms with Crippen LogP contribution in [0.3, 0.4) is 0 Å². The van der Waals surface area contributed by atoms with Gasteiger partial charge in [-0.2, -0.15) is 4.31 Å². The Bertz CT molecular complexity index is 1160. The second-order valence-electron chi connectivity index (χ2n) is 6.63. The number of hydrogen-bond donors (Lipinski definition) is 5. The zero-order valence-electron chi connectivity index (χ0n) is 16.0. The average Bonchev–Trinajstić information content (AvgIpc) is 2.97. The summed E-state index contributed by atoms with van der Waals surface area (Å²) in [7, 11) is -10.6. The van der Waals surface area contributed by atoms with E-state index in [1.807, 2.05) is 0 Å². The van der Waals surface area contributed by atoms with Gasteiger partial charge in [-0.05, 0) is 12.1 Å². The van der Waals surface area contributed by atoms with E-state index in [0.717, 1.165) is 21.4 Å². The van der Waals surface area contributed by atoms with Crippen molar-refractivity contribution in [3.8, 4) is 0 Å². The van der Waals surface area contributed by atoms with E-state index in [9.17, 15) is 33.8 Å². The van der Waals surface area contributed by atoms with Crippen LogP contribution in [0.25, 0.3) is 0 Å². The molecule has 3 rings (SSSR count). The van der Waals surface area contributed by atoms with E-state index >= 15 is 0 Å². The van der Waals surface area contributed by atoms with Gasteiger partial charge >= 0.3 is 21.3 Å². The fourth-order valence-electron chi connectivity index (χ4n) is 2.95. The van der Waals surface area contributed by atoms with E-state index in [1.165, 1.54) is 6.20 Å². The molecule has 5 N–H and O–H groups in total. The number of ether oxygens (including phenoxy) is 1. The predicted molar refractivity (Wildman–Crippen MR) is 103 cm³/mol. The summed E-state index contributed by atoms with van der Waals surface area (Å²) in [4.78, 5) is 55.5. The van der Waals surface area contributed by atoms with Crippen molar-refractivity contribution in [3.05, 3.63) is 63.2 Å². The SMILES string of the molecule is O=c1ccn([C@@H]2O[C@H](COP(=O)(O)OP(=O)(O)O)C(O)[C@@H]2O)c(=O)n1Cc1ccccn1. The van der Waals surface area contributed by atoms with Crippen LogP contribution in [-0.2, 0) is 29.2 Å². The quantitative estimate of drug-likeness (QED) is 0.258. The molecule has 1 aliphatic heterocycles. The number of aliphatic hydroxyl groups excluding tert-OH is 2. The topological polar surface area (TPSA) is 220 Å². The Balaban J connectivity index is 1.79. The first-order chi connectivity index (χ1) is 14.9. The Morgan fingerprint density at radius 1 is 1.09 bits per heavy atom. The first kappa shape index (κ1) is 24.6. The van der Waals surface area contributed by atoms with Gasteiger partial charge in [0.25, 0.3) is 5.56 Å². The zero-order valence-corrected chi connectivity index (χ0v) is 17.8. The van der Waals surface area contributed by atoms with Crippen molar-refractivity contribution in [1.29, 1.82) is 0 Å². The lowest BCUT2D eigenvalue weighted by atomic mass is 10.1. The molecule has 0 bridgehead atoms. The highest BCUT2D eigenvalue weighted by Crippen LogP contribution is 2.57. The van der Waals surface area contributed by atoms with Crippen LogP contribution in [0.5, 0.6) is 0 Å². The number of nitrogens with zero attached hydrogens (tertiary/aromatic N) is 3. The van der Waals surface area contributed by atoms with Gasteiger partial charge < -0.3 is 29.6 Å². The number of aliphatic hydroxyl groups is 2. The maximum Gasteiger partial charge on any atom is 0.481 e. The Labute approximate surface area is 178 Å². The van der Waals surface area contributed by atoms with Crippen LogP contribution >= 0.6 is 15.6 Å². The van der Waals surface area contributed by atoms with Gasteiger partial charge in [0.15, 0.2) is 6.23 Å². The Hall–Kier alpha value is -2.03. The highest BCUT2D eigenvalue weighted by atomic mass is 31.3. The normalized spacial score (nSPS) is 25.5. The van der Waals surface area contributed by atoms with Crippen LogP contribution in [0, 0.1) is 0 Å². The largest absolute Gasteiger partial charge is 0.481 e. The van der Waals surface area contributed by atoms with Crippen molar-refractivity contribution in [3.63, 3.8) is 0 Å². The summed E-state index contributed by atoms with van der Waals surface area (Å²) in [5, 5.41) is 20.4. The van der Waals surface area contributed by atoms with Crippen molar-refractivity contribution in [2.75, 3.05) is 6.61 Å². The molecule has 0 amide bonds. The van der Waals surface area contributed by atoms with Gasteiger partial charge in [-0.1, -0.05) is 6.07 Å². The minimum atomic E-state index is -5.36. The van der Waals surface area contributed by atoms with E-state index in [0.29, 0.717) is 5.69 Å². The molecule has 5 atom stereocenters. The molecule has 32 heavy (non-hydrogen) atoms. The van der Waals surface area contributed by atoms with Crippen molar-refractivity contribution in [1.82, 2.24) is 14.1 Å². The first-order valence-electron chi connectivity index (χ1n) is 8.86. The highest BCUT2D eigenvalue weighted by Gasteiger charge is 2.46. The Morgan fingerprint density at radius 3 is 2.44 bits per heavy atom. The summed E-state index contributed by atoms with van der Waals surface area (Å²) < 4.78 is 37.3. The third kappa shape index (κ3) is 5.85. The molecule has 176 valence electrons. The van der Waals surface area contributed by atoms with Gasteiger partial charge in [0.2, 0.25) is 0 Å². The number of rotatable bonds is 8. The van der Waals surface area contributed by atoms with Crippen molar-refractivity contribution >= 4 is 15.6 Å². The molecule has 2 aromatic heterocycles. The van der Waals surface area contributed by atoms with Crippen molar-refractivity contribution in [2.45, 2.75) is 31.1 Å². The van der Waals surface area contributed by atoms with E-state index in [2.05, 4.69) is 13.8 Å². The summed E-state index contributed by atoms with van der Waals surface area (Å²) in [5.74, 6) is 0. The van der Waals surface area contributed by atoms with Crippen LogP contribution in [0.4, 0.5) is 0 Å². The molecule has 1 saturated heterocycles. The summed E-state index contributed by atoms with van der Waals surface area (Å²) in [6.07, 6.45) is -3.93. The molecule has 1 aliphatic rings. The summed E-state index contributed by atoms with van der Waals surface area (Å²) >= 11 is 0. The molecule has 17 heteroatoms. The summed E-state index contributed by atoms with van der Waals surface area (Å²) in [6, 6.07) is 5.94. The standard InChI is InChI=1S/C15H19N3O12P2/c19-11-4-6-17(15(22)18(11)7-9-3-1-2-5-16-9)14-13(21)12(20)10(29-14)8-28-32(26,27)30-31(23,24)25/h1-6,10,12-14,20-21H,7-8H2,(H,26,27)(H2,23,24,25)/t10-,12?,13+,14-/m1/s1. The van der Waals surface area contributed by atoms with Crippen molar-refractivity contribution < 1.29 is 47.6 Å². The molecule has 1 fully saturated rings. The minimum Gasteiger partial charge on any atom is -0.387 e. The molecule has 0 aliphatic carbocycles. The number of aromatic nitrogens is 3. The Morgan fingerprint density at radius 2 is 1.81 bits per heavy atom. The van der Waals surface area contributed by atoms with Crippen LogP contribution in [-0.4, -0.2) is 63.9 Å². The Kier molecular flexibility index (Phi) is 7.27. The molecule has 0 spiro atoms. The molecule has 0 radical (unpaired) electrons. The van der Waals surface area contributed by atoms with Gasteiger partial charge in [-0.3, -0.25) is 23.4 Å². The third-order valence-electron chi connectivity index (χ3n) is 4.36. The van der Waals surface area contributed by atoms with E-state index < -0.39 is 58.0 Å². The summed E-state index contributed by atoms with van der Waals surface area (Å²) in [5.41, 5.74) is -1.13. The molecule has 0 saturated carbocycles. The van der Waals surface area contributed by atoms with Gasteiger partial charge in [-0.15, -0.1) is 0 Å². The maximum atomic E-state index is 12.8. The maximum absolute atomic E-state index is 12.8. The van der Waals surface area contributed by atoms with Crippen LogP contribution in [0.15, 0.2) is 46.2 Å². The molecule has 15 nitrogen and oxygen atoms in total. The smallest absolute Gasteiger partial charge is 0.387 e.